The van der Waals surface area contributed by atoms with Crippen LogP contribution in [0.25, 0.3) is 0 Å². The summed E-state index contributed by atoms with van der Waals surface area (Å²) in [5.41, 5.74) is -0.972. The normalized spacial score (nSPS) is 15.6. The minimum absolute atomic E-state index is 0.152. The second kappa shape index (κ2) is 5.51. The van der Waals surface area contributed by atoms with Gasteiger partial charge in [0.25, 0.3) is 0 Å². The molecule has 0 heterocycles. The fraction of sp³-hybridized carbons (Fsp3) is 0.500. The van der Waals surface area contributed by atoms with Crippen LogP contribution in [0.15, 0.2) is 24.3 Å². The van der Waals surface area contributed by atoms with Crippen molar-refractivity contribution in [1.29, 1.82) is 0 Å². The second-order valence-corrected chi connectivity index (χ2v) is 3.69. The first-order valence-corrected chi connectivity index (χ1v) is 5.33. The van der Waals surface area contributed by atoms with Gasteiger partial charge in [0.05, 0.1) is 11.7 Å². The van der Waals surface area contributed by atoms with Crippen LogP contribution in [-0.2, 0) is 10.9 Å². The molecule has 5 heteroatoms. The third kappa shape index (κ3) is 3.44. The van der Waals surface area contributed by atoms with E-state index < -0.39 is 23.9 Å². The van der Waals surface area contributed by atoms with Crippen LogP contribution >= 0.6 is 0 Å². The Morgan fingerprint density at radius 3 is 2.41 bits per heavy atom. The van der Waals surface area contributed by atoms with Crippen molar-refractivity contribution in [3.63, 3.8) is 0 Å². The maximum atomic E-state index is 12.7. The highest BCUT2D eigenvalue weighted by Crippen LogP contribution is 2.35. The predicted octanol–water partition coefficient (Wildman–Crippen LogP) is 3.16. The van der Waals surface area contributed by atoms with Crippen LogP contribution in [0, 0.1) is 0 Å². The summed E-state index contributed by atoms with van der Waals surface area (Å²) in [5, 5.41) is 9.84. The molecule has 0 radical (unpaired) electrons. The summed E-state index contributed by atoms with van der Waals surface area (Å²) in [6.07, 6.45) is -6.43. The molecule has 0 bridgehead atoms. The zero-order valence-corrected chi connectivity index (χ0v) is 9.66. The molecule has 0 fully saturated rings. The van der Waals surface area contributed by atoms with Crippen molar-refractivity contribution in [2.24, 2.45) is 0 Å². The van der Waals surface area contributed by atoms with E-state index in [-0.39, 0.29) is 5.56 Å². The third-order valence-electron chi connectivity index (χ3n) is 2.46. The number of benzene rings is 1. The summed E-state index contributed by atoms with van der Waals surface area (Å²) >= 11 is 0. The lowest BCUT2D eigenvalue weighted by atomic mass is 9.99. The molecule has 0 saturated carbocycles. The van der Waals surface area contributed by atoms with Crippen LogP contribution in [-0.4, -0.2) is 17.8 Å². The van der Waals surface area contributed by atoms with Crippen LogP contribution in [0.2, 0.25) is 0 Å². The van der Waals surface area contributed by atoms with Crippen LogP contribution in [0.3, 0.4) is 0 Å². The lowest BCUT2D eigenvalue weighted by molar-refractivity contribution is -0.140. The van der Waals surface area contributed by atoms with Crippen molar-refractivity contribution >= 4 is 0 Å². The Morgan fingerprint density at radius 1 is 1.29 bits per heavy atom. The Morgan fingerprint density at radius 2 is 1.88 bits per heavy atom. The van der Waals surface area contributed by atoms with Gasteiger partial charge in [-0.2, -0.15) is 13.2 Å². The van der Waals surface area contributed by atoms with Crippen molar-refractivity contribution in [2.45, 2.75) is 32.2 Å². The van der Waals surface area contributed by atoms with E-state index in [2.05, 4.69) is 0 Å². The van der Waals surface area contributed by atoms with Crippen LogP contribution in [0.5, 0.6) is 0 Å². The van der Waals surface area contributed by atoms with E-state index in [0.717, 1.165) is 6.07 Å². The van der Waals surface area contributed by atoms with E-state index in [4.69, 9.17) is 4.74 Å². The molecular weight excluding hydrogens is 233 g/mol. The van der Waals surface area contributed by atoms with E-state index in [9.17, 15) is 18.3 Å². The van der Waals surface area contributed by atoms with Gasteiger partial charge in [0.2, 0.25) is 0 Å². The first-order chi connectivity index (χ1) is 7.88. The molecule has 0 aliphatic heterocycles. The van der Waals surface area contributed by atoms with Crippen LogP contribution in [0.4, 0.5) is 13.2 Å². The van der Waals surface area contributed by atoms with Gasteiger partial charge in [-0.15, -0.1) is 0 Å². The first kappa shape index (κ1) is 14.0. The minimum atomic E-state index is -4.47. The molecule has 2 unspecified atom stereocenters. The third-order valence-corrected chi connectivity index (χ3v) is 2.46. The van der Waals surface area contributed by atoms with Gasteiger partial charge in [0, 0.05) is 6.61 Å². The number of rotatable bonds is 4. The van der Waals surface area contributed by atoms with E-state index in [1.54, 1.807) is 13.8 Å². The largest absolute Gasteiger partial charge is 0.416 e. The SMILES string of the molecule is CCOC(C)C(O)c1ccccc1C(F)(F)F. The highest BCUT2D eigenvalue weighted by Gasteiger charge is 2.35. The van der Waals surface area contributed by atoms with E-state index in [1.807, 2.05) is 0 Å². The van der Waals surface area contributed by atoms with Gasteiger partial charge in [-0.3, -0.25) is 0 Å². The summed E-state index contributed by atoms with van der Waals surface area (Å²) in [4.78, 5) is 0. The zero-order valence-electron chi connectivity index (χ0n) is 9.66. The molecule has 1 rings (SSSR count). The van der Waals surface area contributed by atoms with Gasteiger partial charge < -0.3 is 9.84 Å². The van der Waals surface area contributed by atoms with E-state index in [1.165, 1.54) is 18.2 Å². The summed E-state index contributed by atoms with van der Waals surface area (Å²) in [7, 11) is 0. The molecule has 17 heavy (non-hydrogen) atoms. The predicted molar refractivity (Wildman–Crippen MR) is 57.5 cm³/mol. The minimum Gasteiger partial charge on any atom is -0.386 e. The zero-order chi connectivity index (χ0) is 13.1. The second-order valence-electron chi connectivity index (χ2n) is 3.69. The Kier molecular flexibility index (Phi) is 4.54. The fourth-order valence-corrected chi connectivity index (χ4v) is 1.62. The molecular formula is C12H15F3O2. The van der Waals surface area contributed by atoms with Gasteiger partial charge in [0.15, 0.2) is 0 Å². The molecule has 0 saturated heterocycles. The molecule has 1 aromatic carbocycles. The lowest BCUT2D eigenvalue weighted by Crippen LogP contribution is -2.22. The highest BCUT2D eigenvalue weighted by molar-refractivity contribution is 5.32. The summed E-state index contributed by atoms with van der Waals surface area (Å²) < 4.78 is 43.2. The van der Waals surface area contributed by atoms with Crippen molar-refractivity contribution in [2.75, 3.05) is 6.61 Å². The molecule has 0 aromatic heterocycles. The summed E-state index contributed by atoms with van der Waals surface area (Å²) in [6.45, 7) is 3.60. The lowest BCUT2D eigenvalue weighted by Gasteiger charge is -2.22. The molecule has 2 atom stereocenters. The molecule has 1 aromatic rings. The smallest absolute Gasteiger partial charge is 0.386 e. The van der Waals surface area contributed by atoms with Crippen molar-refractivity contribution in [3.8, 4) is 0 Å². The van der Waals surface area contributed by atoms with E-state index in [0.29, 0.717) is 6.61 Å². The molecule has 0 aliphatic rings. The average molecular weight is 248 g/mol. The van der Waals surface area contributed by atoms with Crippen molar-refractivity contribution in [1.82, 2.24) is 0 Å². The van der Waals surface area contributed by atoms with E-state index >= 15 is 0 Å². The molecule has 1 N–H and O–H groups in total. The summed E-state index contributed by atoms with van der Waals surface area (Å²) in [5.74, 6) is 0. The quantitative estimate of drug-likeness (QED) is 0.886. The number of ether oxygens (including phenoxy) is 1. The number of aliphatic hydroxyl groups excluding tert-OH is 1. The van der Waals surface area contributed by atoms with Crippen molar-refractivity contribution in [3.05, 3.63) is 35.4 Å². The monoisotopic (exact) mass is 248 g/mol. The van der Waals surface area contributed by atoms with Gasteiger partial charge in [0.1, 0.15) is 6.10 Å². The molecule has 2 nitrogen and oxygen atoms in total. The maximum absolute atomic E-state index is 12.7. The van der Waals surface area contributed by atoms with Crippen LogP contribution in [0.1, 0.15) is 31.1 Å². The Labute approximate surface area is 98.0 Å². The average Bonchev–Trinajstić information content (AvgIpc) is 2.27. The molecule has 0 spiro atoms. The molecule has 0 aliphatic carbocycles. The number of aliphatic hydroxyl groups is 1. The Bertz CT molecular complexity index is 363. The standard InChI is InChI=1S/C12H15F3O2/c1-3-17-8(2)11(16)9-6-4-5-7-10(9)12(13,14)15/h4-8,11,16H,3H2,1-2H3. The summed E-state index contributed by atoms with van der Waals surface area (Å²) in [6, 6.07) is 4.98. The van der Waals surface area contributed by atoms with Crippen LogP contribution < -0.4 is 0 Å². The van der Waals surface area contributed by atoms with Gasteiger partial charge >= 0.3 is 6.18 Å². The Hall–Kier alpha value is -1.07. The number of hydrogen-bond donors (Lipinski definition) is 1. The van der Waals surface area contributed by atoms with Gasteiger partial charge in [-0.05, 0) is 25.5 Å². The van der Waals surface area contributed by atoms with Crippen molar-refractivity contribution < 1.29 is 23.0 Å². The number of alkyl halides is 3. The molecule has 0 amide bonds. The molecule has 96 valence electrons. The van der Waals surface area contributed by atoms with Gasteiger partial charge in [-0.1, -0.05) is 18.2 Å². The fourth-order valence-electron chi connectivity index (χ4n) is 1.62. The topological polar surface area (TPSA) is 29.5 Å². The number of hydrogen-bond acceptors (Lipinski definition) is 2. The Balaban J connectivity index is 3.05. The maximum Gasteiger partial charge on any atom is 0.416 e. The highest BCUT2D eigenvalue weighted by atomic mass is 19.4. The first-order valence-electron chi connectivity index (χ1n) is 5.33. The number of halogens is 3. The van der Waals surface area contributed by atoms with Gasteiger partial charge in [-0.25, -0.2) is 0 Å².